The zero-order valence-corrected chi connectivity index (χ0v) is 20.5. The molecule has 0 N–H and O–H groups in total. The summed E-state index contributed by atoms with van der Waals surface area (Å²) in [6.45, 7) is 4.51. The second-order valence-electron chi connectivity index (χ2n) is 10.2. The highest BCUT2D eigenvalue weighted by Gasteiger charge is 2.38. The van der Waals surface area contributed by atoms with E-state index in [1.165, 1.54) is 30.0 Å². The molecule has 35 heavy (non-hydrogen) atoms. The molecule has 2 fully saturated rings. The largest absolute Gasteiger partial charge is 0.369 e. The van der Waals surface area contributed by atoms with Crippen molar-refractivity contribution < 1.29 is 9.18 Å². The summed E-state index contributed by atoms with van der Waals surface area (Å²) in [6.07, 6.45) is 6.06. The molecule has 7 heteroatoms. The number of hydrogen-bond acceptors (Lipinski definition) is 3. The van der Waals surface area contributed by atoms with Gasteiger partial charge in [0.05, 0.1) is 24.5 Å². The van der Waals surface area contributed by atoms with Crippen LogP contribution in [0, 0.1) is 12.7 Å². The van der Waals surface area contributed by atoms with E-state index in [0.29, 0.717) is 24.7 Å². The Balaban J connectivity index is 1.24. The van der Waals surface area contributed by atoms with E-state index in [9.17, 15) is 9.18 Å². The Morgan fingerprint density at radius 3 is 2.54 bits per heavy atom. The van der Waals surface area contributed by atoms with Gasteiger partial charge in [0.1, 0.15) is 11.5 Å². The van der Waals surface area contributed by atoms with Gasteiger partial charge in [-0.3, -0.25) is 9.58 Å². The van der Waals surface area contributed by atoms with Crippen LogP contribution < -0.4 is 9.80 Å². The van der Waals surface area contributed by atoms with Crippen molar-refractivity contribution >= 4 is 17.4 Å². The molecular weight excluding hydrogens is 441 g/mol. The van der Waals surface area contributed by atoms with Gasteiger partial charge in [-0.1, -0.05) is 36.4 Å². The molecule has 1 aromatic heterocycles. The number of urea groups is 1. The van der Waals surface area contributed by atoms with Crippen molar-refractivity contribution in [3.05, 3.63) is 76.9 Å². The first-order chi connectivity index (χ1) is 17.0. The van der Waals surface area contributed by atoms with Gasteiger partial charge in [0.15, 0.2) is 0 Å². The highest BCUT2D eigenvalue weighted by Crippen LogP contribution is 2.42. The van der Waals surface area contributed by atoms with E-state index >= 15 is 0 Å². The standard InChI is InChI=1S/C28H32FN5O/c1-19-6-5-9-24(29)27(19)32-14-12-22(13-15-32)33-17-25-26(18-31(2)30-25)34(28(33)35)16-21-7-3-4-8-23(21)20-10-11-20/h3-9,18,20,22H,10-17H2,1-2H3. The highest BCUT2D eigenvalue weighted by atomic mass is 19.1. The van der Waals surface area contributed by atoms with Crippen LogP contribution in [0.5, 0.6) is 0 Å². The first kappa shape index (κ1) is 22.1. The normalized spacial score (nSPS) is 18.8. The Morgan fingerprint density at radius 1 is 1.03 bits per heavy atom. The van der Waals surface area contributed by atoms with Gasteiger partial charge >= 0.3 is 6.03 Å². The lowest BCUT2D eigenvalue weighted by Crippen LogP contribution is -2.54. The summed E-state index contributed by atoms with van der Waals surface area (Å²) < 4.78 is 16.4. The summed E-state index contributed by atoms with van der Waals surface area (Å²) in [6, 6.07) is 13.9. The van der Waals surface area contributed by atoms with Crippen LogP contribution in [-0.2, 0) is 20.1 Å². The van der Waals surface area contributed by atoms with E-state index in [1.54, 1.807) is 6.07 Å². The van der Waals surface area contributed by atoms with E-state index in [4.69, 9.17) is 5.10 Å². The van der Waals surface area contributed by atoms with Crippen LogP contribution in [0.15, 0.2) is 48.7 Å². The fraction of sp³-hybridized carbons (Fsp3) is 0.429. The predicted molar refractivity (Wildman–Crippen MR) is 135 cm³/mol. The van der Waals surface area contributed by atoms with Gasteiger partial charge in [-0.15, -0.1) is 0 Å². The summed E-state index contributed by atoms with van der Waals surface area (Å²) in [5, 5.41) is 4.70. The van der Waals surface area contributed by atoms with Crippen LogP contribution in [0.1, 0.15) is 54.0 Å². The van der Waals surface area contributed by atoms with Crippen molar-refractivity contribution in [2.75, 3.05) is 22.9 Å². The molecule has 6 nitrogen and oxygen atoms in total. The number of carbonyl (C=O) groups is 1. The molecule has 0 bridgehead atoms. The first-order valence-corrected chi connectivity index (χ1v) is 12.7. The zero-order valence-electron chi connectivity index (χ0n) is 20.5. The quantitative estimate of drug-likeness (QED) is 0.501. The van der Waals surface area contributed by atoms with E-state index < -0.39 is 0 Å². The van der Waals surface area contributed by atoms with E-state index in [1.807, 2.05) is 40.7 Å². The van der Waals surface area contributed by atoms with Gasteiger partial charge in [-0.05, 0) is 61.3 Å². The Bertz CT molecular complexity index is 1240. The van der Waals surface area contributed by atoms with Gasteiger partial charge in [-0.2, -0.15) is 5.10 Å². The molecule has 6 rings (SSSR count). The number of anilines is 2. The number of halogens is 1. The Kier molecular flexibility index (Phi) is 5.50. The third-order valence-electron chi connectivity index (χ3n) is 7.78. The predicted octanol–water partition coefficient (Wildman–Crippen LogP) is 5.36. The van der Waals surface area contributed by atoms with Crippen LogP contribution in [0.25, 0.3) is 0 Å². The fourth-order valence-electron chi connectivity index (χ4n) is 5.85. The van der Waals surface area contributed by atoms with Crippen LogP contribution in [-0.4, -0.2) is 39.8 Å². The van der Waals surface area contributed by atoms with E-state index in [-0.39, 0.29) is 17.9 Å². The number of amides is 2. The smallest absolute Gasteiger partial charge is 0.325 e. The maximum absolute atomic E-state index is 14.5. The SMILES string of the molecule is Cc1cccc(F)c1N1CCC(N2Cc3nn(C)cc3N(Cc3ccccc3C3CC3)C2=O)CC1. The summed E-state index contributed by atoms with van der Waals surface area (Å²) in [7, 11) is 1.92. The molecule has 0 spiro atoms. The minimum atomic E-state index is -0.170. The van der Waals surface area contributed by atoms with Crippen LogP contribution in [0.3, 0.4) is 0 Å². The molecule has 1 saturated carbocycles. The van der Waals surface area contributed by atoms with Crippen molar-refractivity contribution in [2.24, 2.45) is 7.05 Å². The molecule has 0 radical (unpaired) electrons. The van der Waals surface area contributed by atoms with Crippen molar-refractivity contribution in [2.45, 2.75) is 57.7 Å². The number of nitrogens with zero attached hydrogens (tertiary/aromatic N) is 5. The summed E-state index contributed by atoms with van der Waals surface area (Å²) in [5.74, 6) is 0.456. The Morgan fingerprint density at radius 2 is 1.80 bits per heavy atom. The van der Waals surface area contributed by atoms with Gasteiger partial charge < -0.3 is 9.80 Å². The average Bonchev–Trinajstić information content (AvgIpc) is 3.63. The number of aryl methyl sites for hydroxylation is 2. The lowest BCUT2D eigenvalue weighted by molar-refractivity contribution is 0.158. The van der Waals surface area contributed by atoms with Crippen molar-refractivity contribution in [3.63, 3.8) is 0 Å². The number of aromatic nitrogens is 2. The third kappa shape index (κ3) is 4.07. The van der Waals surface area contributed by atoms with E-state index in [0.717, 1.165) is 42.9 Å². The van der Waals surface area contributed by atoms with Crippen LogP contribution in [0.2, 0.25) is 0 Å². The summed E-state index contributed by atoms with van der Waals surface area (Å²) in [4.78, 5) is 19.9. The molecular formula is C28H32FN5O. The van der Waals surface area contributed by atoms with Crippen molar-refractivity contribution in [1.82, 2.24) is 14.7 Å². The molecule has 3 heterocycles. The molecule has 1 saturated heterocycles. The molecule has 2 aromatic carbocycles. The second kappa shape index (κ2) is 8.70. The Hall–Kier alpha value is -3.35. The molecule has 3 aromatic rings. The van der Waals surface area contributed by atoms with Crippen LogP contribution in [0.4, 0.5) is 20.6 Å². The van der Waals surface area contributed by atoms with Gasteiger partial charge in [0, 0.05) is 32.4 Å². The maximum atomic E-state index is 14.5. The molecule has 2 amide bonds. The topological polar surface area (TPSA) is 44.6 Å². The lowest BCUT2D eigenvalue weighted by atomic mass is 9.99. The third-order valence-corrected chi connectivity index (χ3v) is 7.78. The number of rotatable bonds is 5. The van der Waals surface area contributed by atoms with Gasteiger partial charge in [0.2, 0.25) is 0 Å². The minimum absolute atomic E-state index is 0.0524. The van der Waals surface area contributed by atoms with E-state index in [2.05, 4.69) is 29.2 Å². The number of fused-ring (bicyclic) bond motifs is 1. The molecule has 182 valence electrons. The summed E-state index contributed by atoms with van der Waals surface area (Å²) >= 11 is 0. The lowest BCUT2D eigenvalue weighted by Gasteiger charge is -2.43. The fourth-order valence-corrected chi connectivity index (χ4v) is 5.85. The Labute approximate surface area is 205 Å². The monoisotopic (exact) mass is 473 g/mol. The first-order valence-electron chi connectivity index (χ1n) is 12.7. The van der Waals surface area contributed by atoms with Crippen molar-refractivity contribution in [1.29, 1.82) is 0 Å². The number of hydrogen-bond donors (Lipinski definition) is 0. The van der Waals surface area contributed by atoms with Gasteiger partial charge in [0.25, 0.3) is 0 Å². The second-order valence-corrected chi connectivity index (χ2v) is 10.2. The summed E-state index contributed by atoms with van der Waals surface area (Å²) in [5.41, 5.74) is 6.11. The van der Waals surface area contributed by atoms with Crippen molar-refractivity contribution in [3.8, 4) is 0 Å². The average molecular weight is 474 g/mol. The number of benzene rings is 2. The van der Waals surface area contributed by atoms with Gasteiger partial charge in [-0.25, -0.2) is 9.18 Å². The minimum Gasteiger partial charge on any atom is -0.369 e. The molecule has 0 atom stereocenters. The zero-order chi connectivity index (χ0) is 24.1. The number of para-hydroxylation sites is 1. The number of carbonyl (C=O) groups excluding carboxylic acids is 1. The number of piperidine rings is 1. The maximum Gasteiger partial charge on any atom is 0.325 e. The molecule has 0 unspecified atom stereocenters. The van der Waals surface area contributed by atoms with Crippen LogP contribution >= 0.6 is 0 Å². The molecule has 2 aliphatic heterocycles. The molecule has 1 aliphatic carbocycles. The highest BCUT2D eigenvalue weighted by molar-refractivity contribution is 5.94. The molecule has 3 aliphatic rings.